The molecule has 0 bridgehead atoms. The lowest BCUT2D eigenvalue weighted by Gasteiger charge is -2.01. The van der Waals surface area contributed by atoms with E-state index < -0.39 is 10.9 Å². The number of carbonyl (C=O) groups is 1. The van der Waals surface area contributed by atoms with Crippen LogP contribution in [0.4, 0.5) is 5.69 Å². The first-order valence-electron chi connectivity index (χ1n) is 6.02. The Bertz CT molecular complexity index is 744. The zero-order valence-corrected chi connectivity index (χ0v) is 13.3. The number of hydrogen-bond acceptors (Lipinski definition) is 5. The van der Waals surface area contributed by atoms with Gasteiger partial charge < -0.3 is 10.6 Å². The molecule has 0 spiro atoms. The highest BCUT2D eigenvalue weighted by atomic mass is 127. The fourth-order valence-electron chi connectivity index (χ4n) is 1.56. The van der Waals surface area contributed by atoms with Crippen LogP contribution in [0.15, 0.2) is 53.7 Å². The van der Waals surface area contributed by atoms with E-state index in [1.807, 2.05) is 0 Å². The van der Waals surface area contributed by atoms with Crippen molar-refractivity contribution in [3.05, 3.63) is 73.3 Å². The number of oxime groups is 1. The average Bonchev–Trinajstić information content (AvgIpc) is 2.53. The zero-order valence-electron chi connectivity index (χ0n) is 11.1. The van der Waals surface area contributed by atoms with Crippen molar-refractivity contribution in [2.75, 3.05) is 0 Å². The third-order valence-electron chi connectivity index (χ3n) is 2.66. The van der Waals surface area contributed by atoms with Crippen LogP contribution in [-0.2, 0) is 4.84 Å². The lowest BCUT2D eigenvalue weighted by atomic mass is 10.2. The molecule has 22 heavy (non-hydrogen) atoms. The maximum Gasteiger partial charge on any atom is 0.365 e. The Morgan fingerprint density at radius 3 is 2.50 bits per heavy atom. The summed E-state index contributed by atoms with van der Waals surface area (Å²) >= 11 is 2.11. The third-order valence-corrected chi connectivity index (χ3v) is 3.38. The van der Waals surface area contributed by atoms with Gasteiger partial charge in [-0.05, 0) is 46.9 Å². The Labute approximate surface area is 139 Å². The Hall–Kier alpha value is -2.49. The van der Waals surface area contributed by atoms with E-state index in [0.717, 1.165) is 3.57 Å². The normalized spacial score (nSPS) is 11.0. The van der Waals surface area contributed by atoms with E-state index in [9.17, 15) is 14.9 Å². The van der Waals surface area contributed by atoms with Gasteiger partial charge in [0, 0.05) is 21.3 Å². The molecule has 7 nitrogen and oxygen atoms in total. The first-order chi connectivity index (χ1) is 10.5. The van der Waals surface area contributed by atoms with Gasteiger partial charge in [0.15, 0.2) is 5.84 Å². The molecule has 0 atom stereocenters. The molecule has 0 aromatic heterocycles. The molecule has 8 heteroatoms. The number of nitrogens with zero attached hydrogens (tertiary/aromatic N) is 2. The molecule has 0 amide bonds. The Kier molecular flexibility index (Phi) is 5.04. The van der Waals surface area contributed by atoms with Gasteiger partial charge in [0.1, 0.15) is 0 Å². The second-order valence-corrected chi connectivity index (χ2v) is 5.42. The summed E-state index contributed by atoms with van der Waals surface area (Å²) in [4.78, 5) is 26.7. The smallest absolute Gasteiger partial charge is 0.365 e. The van der Waals surface area contributed by atoms with Crippen LogP contribution in [-0.4, -0.2) is 16.7 Å². The molecule has 0 aliphatic heterocycles. The minimum absolute atomic E-state index is 0.123. The van der Waals surface area contributed by atoms with Gasteiger partial charge in [0.05, 0.1) is 10.5 Å². The van der Waals surface area contributed by atoms with Crippen LogP contribution in [0.25, 0.3) is 0 Å². The molecule has 0 radical (unpaired) electrons. The highest BCUT2D eigenvalue weighted by Crippen LogP contribution is 2.13. The highest BCUT2D eigenvalue weighted by molar-refractivity contribution is 14.1. The largest absolute Gasteiger partial charge is 0.380 e. The number of amidine groups is 1. The number of halogens is 1. The molecule has 112 valence electrons. The summed E-state index contributed by atoms with van der Waals surface area (Å²) in [5.41, 5.74) is 6.16. The molecule has 0 saturated carbocycles. The summed E-state index contributed by atoms with van der Waals surface area (Å²) < 4.78 is 0.980. The minimum Gasteiger partial charge on any atom is -0.380 e. The number of hydrogen-bond donors (Lipinski definition) is 1. The molecular weight excluding hydrogens is 401 g/mol. The Morgan fingerprint density at radius 1 is 1.18 bits per heavy atom. The monoisotopic (exact) mass is 411 g/mol. The fraction of sp³-hybridized carbons (Fsp3) is 0. The predicted molar refractivity (Wildman–Crippen MR) is 88.4 cm³/mol. The van der Waals surface area contributed by atoms with Gasteiger partial charge in [-0.15, -0.1) is 0 Å². The van der Waals surface area contributed by atoms with Crippen molar-refractivity contribution in [1.29, 1.82) is 0 Å². The lowest BCUT2D eigenvalue weighted by Crippen LogP contribution is -2.15. The maximum atomic E-state index is 11.8. The van der Waals surface area contributed by atoms with Crippen molar-refractivity contribution in [2.24, 2.45) is 10.9 Å². The first-order valence-corrected chi connectivity index (χ1v) is 7.10. The summed E-state index contributed by atoms with van der Waals surface area (Å²) in [5, 5.41) is 14.2. The Balaban J connectivity index is 2.12. The van der Waals surface area contributed by atoms with Crippen LogP contribution in [0.2, 0.25) is 0 Å². The number of benzene rings is 2. The van der Waals surface area contributed by atoms with Gasteiger partial charge in [0.25, 0.3) is 5.69 Å². The van der Waals surface area contributed by atoms with E-state index in [-0.39, 0.29) is 11.5 Å². The number of rotatable bonds is 4. The molecule has 0 heterocycles. The van der Waals surface area contributed by atoms with Crippen LogP contribution in [0.5, 0.6) is 0 Å². The van der Waals surface area contributed by atoms with Crippen molar-refractivity contribution < 1.29 is 14.6 Å². The van der Waals surface area contributed by atoms with Gasteiger partial charge in [-0.3, -0.25) is 10.1 Å². The molecular formula is C14H10IN3O4. The molecule has 2 aromatic rings. The number of nitro groups is 1. The number of carbonyl (C=O) groups excluding carboxylic acids is 1. The van der Waals surface area contributed by atoms with Gasteiger partial charge in [-0.2, -0.15) is 0 Å². The summed E-state index contributed by atoms with van der Waals surface area (Å²) in [6.45, 7) is 0. The topological polar surface area (TPSA) is 108 Å². The number of non-ortho nitro benzene ring substituents is 1. The first kappa shape index (κ1) is 15.9. The molecule has 0 aliphatic rings. The molecule has 2 rings (SSSR count). The standard InChI is InChI=1S/C14H10IN3O4/c15-11-6-4-9(5-7-11)14(19)22-17-13(16)10-2-1-3-12(8-10)18(20)21/h1-8H,(H2,16,17). The van der Waals surface area contributed by atoms with Crippen LogP contribution in [0.3, 0.4) is 0 Å². The fourth-order valence-corrected chi connectivity index (χ4v) is 1.92. The van der Waals surface area contributed by atoms with Crippen LogP contribution in [0.1, 0.15) is 15.9 Å². The number of nitro benzene ring substituents is 1. The summed E-state index contributed by atoms with van der Waals surface area (Å²) in [7, 11) is 0. The van der Waals surface area contributed by atoms with Crippen molar-refractivity contribution in [3.8, 4) is 0 Å². The predicted octanol–water partition coefficient (Wildman–Crippen LogP) is 2.68. The lowest BCUT2D eigenvalue weighted by molar-refractivity contribution is -0.384. The summed E-state index contributed by atoms with van der Waals surface area (Å²) in [6, 6.07) is 12.3. The van der Waals surface area contributed by atoms with Gasteiger partial charge in [-0.1, -0.05) is 17.3 Å². The SMILES string of the molecule is N/C(=N\OC(=O)c1ccc(I)cc1)c1cccc([N+](=O)[O-])c1. The zero-order chi connectivity index (χ0) is 16.1. The van der Waals surface area contributed by atoms with E-state index >= 15 is 0 Å². The van der Waals surface area contributed by atoms with Gasteiger partial charge >= 0.3 is 5.97 Å². The van der Waals surface area contributed by atoms with Gasteiger partial charge in [0.2, 0.25) is 0 Å². The second-order valence-electron chi connectivity index (χ2n) is 4.17. The highest BCUT2D eigenvalue weighted by Gasteiger charge is 2.10. The molecule has 2 aromatic carbocycles. The number of nitrogens with two attached hydrogens (primary N) is 1. The molecule has 0 aliphatic carbocycles. The van der Waals surface area contributed by atoms with Gasteiger partial charge in [-0.25, -0.2) is 4.79 Å². The molecule has 0 unspecified atom stereocenters. The van der Waals surface area contributed by atoms with Crippen molar-refractivity contribution in [2.45, 2.75) is 0 Å². The molecule has 0 saturated heterocycles. The van der Waals surface area contributed by atoms with Crippen LogP contribution < -0.4 is 5.73 Å². The second kappa shape index (κ2) is 6.98. The molecule has 2 N–H and O–H groups in total. The minimum atomic E-state index is -0.662. The quantitative estimate of drug-likeness (QED) is 0.208. The van der Waals surface area contributed by atoms with E-state index in [1.54, 1.807) is 24.3 Å². The Morgan fingerprint density at radius 2 is 1.86 bits per heavy atom. The van der Waals surface area contributed by atoms with Crippen molar-refractivity contribution in [1.82, 2.24) is 0 Å². The molecule has 0 fully saturated rings. The maximum absolute atomic E-state index is 11.8. The van der Waals surface area contributed by atoms with E-state index in [4.69, 9.17) is 10.6 Å². The van der Waals surface area contributed by atoms with E-state index in [2.05, 4.69) is 27.7 Å². The summed E-state index contributed by atoms with van der Waals surface area (Å²) in [5.74, 6) is -0.785. The average molecular weight is 411 g/mol. The van der Waals surface area contributed by atoms with Crippen LogP contribution in [0, 0.1) is 13.7 Å². The summed E-state index contributed by atoms with van der Waals surface area (Å²) in [6.07, 6.45) is 0. The van der Waals surface area contributed by atoms with Crippen LogP contribution >= 0.6 is 22.6 Å². The van der Waals surface area contributed by atoms with E-state index in [1.165, 1.54) is 24.3 Å². The van der Waals surface area contributed by atoms with Crippen molar-refractivity contribution >= 4 is 40.1 Å². The third kappa shape index (κ3) is 4.01. The van der Waals surface area contributed by atoms with E-state index in [0.29, 0.717) is 11.1 Å². The van der Waals surface area contributed by atoms with Crippen molar-refractivity contribution in [3.63, 3.8) is 0 Å².